The number of hydrogen-bond acceptors (Lipinski definition) is 2. The predicted molar refractivity (Wildman–Crippen MR) is 104 cm³/mol. The van der Waals surface area contributed by atoms with Crippen LogP contribution in [0.3, 0.4) is 0 Å². The molecule has 25 heavy (non-hydrogen) atoms. The van der Waals surface area contributed by atoms with Crippen molar-refractivity contribution < 1.29 is 31.0 Å². The molecule has 0 bridgehead atoms. The minimum absolute atomic E-state index is 0. The molecule has 0 radical (unpaired) electrons. The van der Waals surface area contributed by atoms with Crippen LogP contribution in [0.15, 0.2) is 0 Å². The SMILES string of the molecule is CCCCCCCCCCCCCCCCOC(=O)C[N+](C)(C)C.[Br-]. The molecule has 0 aliphatic heterocycles. The van der Waals surface area contributed by atoms with Gasteiger partial charge in [-0.25, -0.2) is 4.79 Å². The van der Waals surface area contributed by atoms with Crippen LogP contribution in [0.5, 0.6) is 0 Å². The van der Waals surface area contributed by atoms with E-state index >= 15 is 0 Å². The van der Waals surface area contributed by atoms with Gasteiger partial charge >= 0.3 is 5.97 Å². The maximum atomic E-state index is 11.6. The average molecular weight is 422 g/mol. The topological polar surface area (TPSA) is 26.3 Å². The van der Waals surface area contributed by atoms with E-state index in [0.29, 0.717) is 17.6 Å². The van der Waals surface area contributed by atoms with Crippen molar-refractivity contribution in [2.45, 2.75) is 96.8 Å². The Morgan fingerprint density at radius 3 is 1.40 bits per heavy atom. The van der Waals surface area contributed by atoms with E-state index in [2.05, 4.69) is 6.92 Å². The summed E-state index contributed by atoms with van der Waals surface area (Å²) in [5, 5.41) is 0. The van der Waals surface area contributed by atoms with Crippen molar-refractivity contribution in [3.8, 4) is 0 Å². The lowest BCUT2D eigenvalue weighted by atomic mass is 10.0. The number of unbranched alkanes of at least 4 members (excludes halogenated alkanes) is 13. The largest absolute Gasteiger partial charge is 1.00 e. The molecule has 0 aromatic rings. The van der Waals surface area contributed by atoms with Crippen LogP contribution < -0.4 is 17.0 Å². The molecule has 0 rings (SSSR count). The van der Waals surface area contributed by atoms with Gasteiger partial charge in [0.15, 0.2) is 6.54 Å². The number of halogens is 1. The smallest absolute Gasteiger partial charge is 0.361 e. The highest BCUT2D eigenvalue weighted by molar-refractivity contribution is 5.70. The summed E-state index contributed by atoms with van der Waals surface area (Å²) in [6.07, 6.45) is 18.9. The summed E-state index contributed by atoms with van der Waals surface area (Å²) >= 11 is 0. The molecule has 0 amide bonds. The molecular weight excluding hydrogens is 378 g/mol. The Kier molecular flexibility index (Phi) is 20.3. The van der Waals surface area contributed by atoms with Crippen molar-refractivity contribution in [1.82, 2.24) is 0 Å². The Morgan fingerprint density at radius 1 is 0.680 bits per heavy atom. The van der Waals surface area contributed by atoms with Crippen LogP contribution in [0.2, 0.25) is 0 Å². The van der Waals surface area contributed by atoms with Gasteiger partial charge in [-0.05, 0) is 6.42 Å². The lowest BCUT2D eigenvalue weighted by molar-refractivity contribution is -0.862. The molecule has 0 atom stereocenters. The second-order valence-electron chi connectivity index (χ2n) is 8.27. The number of nitrogens with zero attached hydrogens (tertiary/aromatic N) is 1. The maximum absolute atomic E-state index is 11.6. The first-order chi connectivity index (χ1) is 11.5. The van der Waals surface area contributed by atoms with Crippen molar-refractivity contribution in [3.05, 3.63) is 0 Å². The first-order valence-electron chi connectivity index (χ1n) is 10.4. The summed E-state index contributed by atoms with van der Waals surface area (Å²) in [5.41, 5.74) is 0. The maximum Gasteiger partial charge on any atom is 0.361 e. The fourth-order valence-corrected chi connectivity index (χ4v) is 2.92. The minimum Gasteiger partial charge on any atom is -1.00 e. The summed E-state index contributed by atoms with van der Waals surface area (Å²) in [7, 11) is 6.02. The number of esters is 1. The van der Waals surface area contributed by atoms with Crippen LogP contribution in [0.1, 0.15) is 96.8 Å². The van der Waals surface area contributed by atoms with Crippen LogP contribution in [-0.4, -0.2) is 44.7 Å². The molecule has 152 valence electrons. The number of rotatable bonds is 17. The fourth-order valence-electron chi connectivity index (χ4n) is 2.92. The Labute approximate surface area is 168 Å². The van der Waals surface area contributed by atoms with Gasteiger partial charge < -0.3 is 26.2 Å². The van der Waals surface area contributed by atoms with Crippen LogP contribution in [0, 0.1) is 0 Å². The zero-order chi connectivity index (χ0) is 18.1. The molecule has 0 saturated heterocycles. The number of carbonyl (C=O) groups excluding carboxylic acids is 1. The van der Waals surface area contributed by atoms with Gasteiger partial charge in [0.05, 0.1) is 27.7 Å². The molecule has 0 fully saturated rings. The molecule has 0 spiro atoms. The minimum atomic E-state index is -0.0720. The fraction of sp³-hybridized carbons (Fsp3) is 0.952. The Hall–Kier alpha value is -0.0900. The Bertz CT molecular complexity index is 290. The summed E-state index contributed by atoms with van der Waals surface area (Å²) in [6.45, 7) is 3.33. The molecule has 0 saturated carbocycles. The molecular formula is C21H44BrNO2. The lowest BCUT2D eigenvalue weighted by Crippen LogP contribution is -3.00. The van der Waals surface area contributed by atoms with E-state index in [1.54, 1.807) is 0 Å². The monoisotopic (exact) mass is 421 g/mol. The van der Waals surface area contributed by atoms with Crippen LogP contribution in [0.25, 0.3) is 0 Å². The zero-order valence-corrected chi connectivity index (χ0v) is 19.0. The number of hydrogen-bond donors (Lipinski definition) is 0. The third-order valence-electron chi connectivity index (χ3n) is 4.36. The van der Waals surface area contributed by atoms with Gasteiger partial charge in [-0.2, -0.15) is 0 Å². The van der Waals surface area contributed by atoms with E-state index in [1.807, 2.05) is 21.1 Å². The van der Waals surface area contributed by atoms with E-state index < -0.39 is 0 Å². The van der Waals surface area contributed by atoms with Crippen molar-refractivity contribution in [2.24, 2.45) is 0 Å². The van der Waals surface area contributed by atoms with Gasteiger partial charge in [-0.3, -0.25) is 0 Å². The van der Waals surface area contributed by atoms with Crippen molar-refractivity contribution in [2.75, 3.05) is 34.3 Å². The molecule has 0 aliphatic carbocycles. The molecule has 0 aromatic heterocycles. The highest BCUT2D eigenvalue weighted by Gasteiger charge is 2.14. The summed E-state index contributed by atoms with van der Waals surface area (Å²) in [4.78, 5) is 11.6. The molecule has 4 heteroatoms. The van der Waals surface area contributed by atoms with E-state index in [0.717, 1.165) is 6.42 Å². The normalized spacial score (nSPS) is 11.2. The highest BCUT2D eigenvalue weighted by Crippen LogP contribution is 2.12. The molecule has 0 N–H and O–H groups in total. The van der Waals surface area contributed by atoms with Crippen LogP contribution in [-0.2, 0) is 9.53 Å². The number of quaternary nitrogens is 1. The van der Waals surface area contributed by atoms with Gasteiger partial charge in [0, 0.05) is 0 Å². The van der Waals surface area contributed by atoms with Gasteiger partial charge in [-0.1, -0.05) is 90.4 Å². The first kappa shape index (κ1) is 27.1. The van der Waals surface area contributed by atoms with Gasteiger partial charge in [0.2, 0.25) is 0 Å². The summed E-state index contributed by atoms with van der Waals surface area (Å²) < 4.78 is 5.91. The number of carbonyl (C=O) groups is 1. The average Bonchev–Trinajstić information content (AvgIpc) is 2.49. The van der Waals surface area contributed by atoms with Crippen molar-refractivity contribution >= 4 is 5.97 Å². The number of likely N-dealkylation sites (N-methyl/N-ethyl adjacent to an activating group) is 1. The quantitative estimate of drug-likeness (QED) is 0.205. The molecule has 0 unspecified atom stereocenters. The van der Waals surface area contributed by atoms with E-state index in [-0.39, 0.29) is 23.0 Å². The second kappa shape index (κ2) is 18.7. The van der Waals surface area contributed by atoms with Crippen molar-refractivity contribution in [3.63, 3.8) is 0 Å². The first-order valence-corrected chi connectivity index (χ1v) is 10.4. The van der Waals surface area contributed by atoms with Gasteiger partial charge in [0.25, 0.3) is 0 Å². The third kappa shape index (κ3) is 23.9. The van der Waals surface area contributed by atoms with Crippen molar-refractivity contribution in [1.29, 1.82) is 0 Å². The zero-order valence-electron chi connectivity index (χ0n) is 17.5. The van der Waals surface area contributed by atoms with Crippen LogP contribution in [0.4, 0.5) is 0 Å². The van der Waals surface area contributed by atoms with Gasteiger partial charge in [-0.15, -0.1) is 0 Å². The van der Waals surface area contributed by atoms with Gasteiger partial charge in [0.1, 0.15) is 0 Å². The molecule has 3 nitrogen and oxygen atoms in total. The lowest BCUT2D eigenvalue weighted by Gasteiger charge is -2.22. The predicted octanol–water partition coefficient (Wildman–Crippen LogP) is 2.72. The van der Waals surface area contributed by atoms with Crippen LogP contribution >= 0.6 is 0 Å². The summed E-state index contributed by atoms with van der Waals surface area (Å²) in [6, 6.07) is 0. The molecule has 0 aliphatic rings. The Balaban J connectivity index is 0. The second-order valence-corrected chi connectivity index (χ2v) is 8.27. The highest BCUT2D eigenvalue weighted by atomic mass is 79.9. The van der Waals surface area contributed by atoms with E-state index in [9.17, 15) is 4.79 Å². The molecule has 0 heterocycles. The Morgan fingerprint density at radius 2 is 1.04 bits per heavy atom. The third-order valence-corrected chi connectivity index (χ3v) is 4.36. The van der Waals surface area contributed by atoms with E-state index in [4.69, 9.17) is 4.74 Å². The standard InChI is InChI=1S/C21H44NO2.BrH/c1-5-6-7-8-9-10-11-12-13-14-15-16-17-18-19-24-21(23)20-22(2,3)4;/h5-20H2,1-4H3;1H/q+1;/p-1. The van der Waals surface area contributed by atoms with E-state index in [1.165, 1.54) is 83.5 Å². The summed E-state index contributed by atoms with van der Waals surface area (Å²) in [5.74, 6) is -0.0720. The molecule has 0 aromatic carbocycles. The number of ether oxygens (including phenoxy) is 1.